The zero-order chi connectivity index (χ0) is 22.6. The van der Waals surface area contributed by atoms with Crippen LogP contribution in [0.15, 0.2) is 29.2 Å². The van der Waals surface area contributed by atoms with Crippen molar-refractivity contribution < 1.29 is 23.5 Å². The van der Waals surface area contributed by atoms with Crippen LogP contribution in [-0.4, -0.2) is 44.5 Å². The summed E-state index contributed by atoms with van der Waals surface area (Å²) in [5, 5.41) is 14.0. The molecule has 32 heavy (non-hydrogen) atoms. The fraction of sp³-hybridized carbons (Fsp3) is 0.435. The largest absolute Gasteiger partial charge is 0.503 e. The van der Waals surface area contributed by atoms with Crippen LogP contribution in [0.5, 0.6) is 5.75 Å². The van der Waals surface area contributed by atoms with Gasteiger partial charge < -0.3 is 14.6 Å². The van der Waals surface area contributed by atoms with Crippen LogP contribution in [0.1, 0.15) is 58.5 Å². The highest BCUT2D eigenvalue weighted by Crippen LogP contribution is 2.35. The number of Topliss-reactive ketones (excluding diaryl/α,β-unsaturated/α-hetero) is 1. The van der Waals surface area contributed by atoms with Crippen molar-refractivity contribution in [2.75, 3.05) is 0 Å². The van der Waals surface area contributed by atoms with Crippen LogP contribution in [0.4, 0.5) is 8.78 Å². The van der Waals surface area contributed by atoms with E-state index < -0.39 is 34.5 Å². The average molecular weight is 443 g/mol. The van der Waals surface area contributed by atoms with Gasteiger partial charge in [-0.25, -0.2) is 8.78 Å². The van der Waals surface area contributed by atoms with Crippen molar-refractivity contribution in [3.8, 4) is 5.75 Å². The lowest BCUT2D eigenvalue weighted by Gasteiger charge is -2.37. The Morgan fingerprint density at radius 3 is 2.75 bits per heavy atom. The molecule has 3 heterocycles. The third-order valence-electron chi connectivity index (χ3n) is 6.83. The van der Waals surface area contributed by atoms with E-state index in [0.717, 1.165) is 37.8 Å². The summed E-state index contributed by atoms with van der Waals surface area (Å²) >= 11 is 0. The number of benzene rings is 1. The highest BCUT2D eigenvalue weighted by atomic mass is 19.1. The molecule has 2 aliphatic heterocycles. The van der Waals surface area contributed by atoms with E-state index >= 15 is 0 Å². The number of aryl methyl sites for hydroxylation is 1. The van der Waals surface area contributed by atoms with Crippen molar-refractivity contribution >= 4 is 11.7 Å². The molecule has 0 unspecified atom stereocenters. The van der Waals surface area contributed by atoms with Crippen LogP contribution in [0.3, 0.4) is 0 Å². The Balaban J connectivity index is 1.42. The van der Waals surface area contributed by atoms with Gasteiger partial charge in [0.1, 0.15) is 17.8 Å². The second-order valence-electron chi connectivity index (χ2n) is 8.73. The topological polar surface area (TPSA) is 91.6 Å². The van der Waals surface area contributed by atoms with Gasteiger partial charge in [0.15, 0.2) is 17.2 Å². The maximum atomic E-state index is 13.9. The molecule has 1 saturated heterocycles. The number of carbonyl (C=O) groups is 2. The summed E-state index contributed by atoms with van der Waals surface area (Å²) in [4.78, 5) is 40.4. The van der Waals surface area contributed by atoms with Crippen molar-refractivity contribution in [3.63, 3.8) is 0 Å². The van der Waals surface area contributed by atoms with Crippen molar-refractivity contribution in [2.24, 2.45) is 0 Å². The highest BCUT2D eigenvalue weighted by Gasteiger charge is 2.48. The smallest absolute Gasteiger partial charge is 0.276 e. The summed E-state index contributed by atoms with van der Waals surface area (Å²) in [5.41, 5.74) is -1.09. The van der Waals surface area contributed by atoms with E-state index in [1.54, 1.807) is 4.90 Å². The molecule has 1 aromatic heterocycles. The minimum Gasteiger partial charge on any atom is -0.503 e. The Kier molecular flexibility index (Phi) is 5.08. The minimum atomic E-state index is -0.903. The Hall–Kier alpha value is -3.07. The van der Waals surface area contributed by atoms with E-state index in [1.807, 2.05) is 0 Å². The van der Waals surface area contributed by atoms with Crippen molar-refractivity contribution in [1.29, 1.82) is 0 Å². The molecule has 2 fully saturated rings. The molecule has 0 radical (unpaired) electrons. The lowest BCUT2D eigenvalue weighted by atomic mass is 9.91. The number of aromatic nitrogens is 1. The van der Waals surface area contributed by atoms with Gasteiger partial charge in [-0.2, -0.15) is 0 Å². The number of carbonyl (C=O) groups excluding carboxylic acids is 2. The summed E-state index contributed by atoms with van der Waals surface area (Å²) in [6.45, 7) is 0.314. The maximum absolute atomic E-state index is 13.9. The van der Waals surface area contributed by atoms with Gasteiger partial charge in [-0.3, -0.25) is 19.7 Å². The number of fused-ring (bicyclic) bond motifs is 4. The molecular formula is C23H23F2N3O4. The SMILES string of the molecule is O=C(CCc1ccc(F)cc1F)c1cn2c(c(O)c1=O)C(=O)N1[C@H](C2)N[C@H]2CCCC[C@@H]21. The van der Waals surface area contributed by atoms with Gasteiger partial charge in [0, 0.05) is 30.8 Å². The van der Waals surface area contributed by atoms with Crippen LogP contribution in [0.25, 0.3) is 0 Å². The summed E-state index contributed by atoms with van der Waals surface area (Å²) in [6, 6.07) is 3.33. The molecule has 0 bridgehead atoms. The number of rotatable bonds is 4. The highest BCUT2D eigenvalue weighted by molar-refractivity contribution is 6.00. The second-order valence-corrected chi connectivity index (χ2v) is 8.73. The van der Waals surface area contributed by atoms with Crippen LogP contribution in [-0.2, 0) is 13.0 Å². The van der Waals surface area contributed by atoms with Gasteiger partial charge in [0.05, 0.1) is 12.1 Å². The average Bonchev–Trinajstić information content (AvgIpc) is 3.14. The van der Waals surface area contributed by atoms with Gasteiger partial charge in [-0.05, 0) is 30.9 Å². The number of amides is 1. The van der Waals surface area contributed by atoms with Crippen molar-refractivity contribution in [1.82, 2.24) is 14.8 Å². The number of aromatic hydroxyl groups is 1. The van der Waals surface area contributed by atoms with E-state index in [0.29, 0.717) is 6.54 Å². The van der Waals surface area contributed by atoms with Crippen LogP contribution < -0.4 is 10.7 Å². The minimum absolute atomic E-state index is 0.0207. The Labute approximate surface area is 182 Å². The fourth-order valence-electron chi connectivity index (χ4n) is 5.26. The van der Waals surface area contributed by atoms with E-state index in [-0.39, 0.29) is 47.9 Å². The predicted octanol–water partition coefficient (Wildman–Crippen LogP) is 2.34. The fourth-order valence-corrected chi connectivity index (χ4v) is 5.26. The molecule has 2 aromatic rings. The van der Waals surface area contributed by atoms with Gasteiger partial charge in [-0.1, -0.05) is 18.9 Å². The maximum Gasteiger partial charge on any atom is 0.276 e. The molecule has 1 aromatic carbocycles. The third-order valence-corrected chi connectivity index (χ3v) is 6.83. The summed E-state index contributed by atoms with van der Waals surface area (Å²) < 4.78 is 28.4. The van der Waals surface area contributed by atoms with Crippen LogP contribution >= 0.6 is 0 Å². The second kappa shape index (κ2) is 7.81. The van der Waals surface area contributed by atoms with Gasteiger partial charge in [0.25, 0.3) is 5.91 Å². The van der Waals surface area contributed by atoms with E-state index in [2.05, 4.69) is 5.32 Å². The molecule has 1 amide bonds. The number of nitrogens with zero attached hydrogens (tertiary/aromatic N) is 2. The molecule has 1 saturated carbocycles. The first kappa shape index (κ1) is 20.8. The van der Waals surface area contributed by atoms with E-state index in [9.17, 15) is 28.3 Å². The monoisotopic (exact) mass is 443 g/mol. The molecule has 7 nitrogen and oxygen atoms in total. The molecule has 5 rings (SSSR count). The number of hydrogen-bond donors (Lipinski definition) is 2. The zero-order valence-electron chi connectivity index (χ0n) is 17.3. The predicted molar refractivity (Wildman–Crippen MR) is 111 cm³/mol. The lowest BCUT2D eigenvalue weighted by Crippen LogP contribution is -2.51. The summed E-state index contributed by atoms with van der Waals surface area (Å²) in [5.74, 6) is -3.19. The number of hydrogen-bond acceptors (Lipinski definition) is 5. The van der Waals surface area contributed by atoms with E-state index in [4.69, 9.17) is 0 Å². The van der Waals surface area contributed by atoms with Crippen LogP contribution in [0.2, 0.25) is 0 Å². The summed E-state index contributed by atoms with van der Waals surface area (Å²) in [7, 11) is 0. The molecule has 1 aliphatic carbocycles. The van der Waals surface area contributed by atoms with Gasteiger partial charge in [-0.15, -0.1) is 0 Å². The molecule has 3 atom stereocenters. The molecule has 9 heteroatoms. The number of nitrogens with one attached hydrogen (secondary N) is 1. The quantitative estimate of drug-likeness (QED) is 0.708. The lowest BCUT2D eigenvalue weighted by molar-refractivity contribution is 0.0544. The number of ketones is 1. The molecular weight excluding hydrogens is 420 g/mol. The standard InChI is InChI=1S/C23H23F2N3O4/c24-13-7-5-12(15(25)9-13)6-8-18(29)14-10-27-11-19-26-16-3-1-2-4-17(16)28(19)23(32)20(27)22(31)21(14)30/h5,7,9-10,16-17,19,26,31H,1-4,6,8,11H2/t16-,17-,19+/m0/s1. The molecule has 2 N–H and O–H groups in total. The first-order valence-corrected chi connectivity index (χ1v) is 10.9. The Bertz CT molecular complexity index is 1180. The number of halogens is 2. The Morgan fingerprint density at radius 1 is 1.19 bits per heavy atom. The van der Waals surface area contributed by atoms with Crippen molar-refractivity contribution in [2.45, 2.75) is 63.3 Å². The number of pyridine rings is 1. The Morgan fingerprint density at radius 2 is 1.97 bits per heavy atom. The molecule has 0 spiro atoms. The summed E-state index contributed by atoms with van der Waals surface area (Å²) in [6.07, 6.45) is 4.80. The first-order chi connectivity index (χ1) is 15.3. The van der Waals surface area contributed by atoms with Gasteiger partial charge in [0.2, 0.25) is 5.43 Å². The molecule has 168 valence electrons. The van der Waals surface area contributed by atoms with E-state index in [1.165, 1.54) is 16.8 Å². The van der Waals surface area contributed by atoms with Gasteiger partial charge >= 0.3 is 0 Å². The molecule has 3 aliphatic rings. The zero-order valence-corrected chi connectivity index (χ0v) is 17.3. The first-order valence-electron chi connectivity index (χ1n) is 10.9. The third kappa shape index (κ3) is 3.31. The normalized spacial score (nSPS) is 24.1. The van der Waals surface area contributed by atoms with Crippen LogP contribution in [0, 0.1) is 11.6 Å². The van der Waals surface area contributed by atoms with Crippen molar-refractivity contribution in [3.05, 3.63) is 63.1 Å².